The lowest BCUT2D eigenvalue weighted by molar-refractivity contribution is -0.0167. The van der Waals surface area contributed by atoms with Crippen molar-refractivity contribution < 1.29 is 9.47 Å². The molecule has 2 unspecified atom stereocenters. The zero-order valence-electron chi connectivity index (χ0n) is 21.3. The van der Waals surface area contributed by atoms with Crippen molar-refractivity contribution >= 4 is 11.3 Å². The van der Waals surface area contributed by atoms with Gasteiger partial charge in [-0.05, 0) is 55.6 Å². The molecule has 0 aromatic heterocycles. The predicted molar refractivity (Wildman–Crippen MR) is 140 cm³/mol. The molecular weight excluding hydrogens is 396 g/mol. The predicted octanol–water partition coefficient (Wildman–Crippen LogP) is 6.47. The molecule has 1 aromatic rings. The van der Waals surface area contributed by atoms with E-state index >= 15 is 0 Å². The molecule has 0 radical (unpaired) electrons. The maximum absolute atomic E-state index is 6.70. The molecule has 0 heterocycles. The first kappa shape index (κ1) is 27.6. The SMILES string of the molecule is C=CC=CC(C(=C)OC(CC)(CCNC)CC(=C)c1ccc(N(C)C)c(OC)c1)C(C)C. The second kappa shape index (κ2) is 13.2. The van der Waals surface area contributed by atoms with Crippen LogP contribution in [0.4, 0.5) is 5.69 Å². The number of anilines is 1. The van der Waals surface area contributed by atoms with Crippen molar-refractivity contribution in [3.63, 3.8) is 0 Å². The minimum Gasteiger partial charge on any atom is -0.495 e. The van der Waals surface area contributed by atoms with E-state index in [-0.39, 0.29) is 11.5 Å². The first-order chi connectivity index (χ1) is 15.1. The van der Waals surface area contributed by atoms with Crippen molar-refractivity contribution in [3.05, 3.63) is 67.5 Å². The average Bonchev–Trinajstić information content (AvgIpc) is 2.76. The standard InChI is InChI=1S/C28H44N2O2/c1-11-13-14-25(21(3)4)23(6)32-28(12-2,17-18-29-7)20-22(5)24-15-16-26(30(8)9)27(19-24)31-10/h11,13-16,19,21,25,29H,1,5-6,12,17-18,20H2,2-4,7-10H3. The molecule has 1 N–H and O–H groups in total. The molecule has 1 aromatic carbocycles. The van der Waals surface area contributed by atoms with Crippen LogP contribution in [0.1, 0.15) is 45.6 Å². The maximum Gasteiger partial charge on any atom is 0.142 e. The third kappa shape index (κ3) is 7.59. The molecule has 0 saturated heterocycles. The topological polar surface area (TPSA) is 33.7 Å². The van der Waals surface area contributed by atoms with E-state index in [2.05, 4.69) is 70.1 Å². The Bertz CT molecular complexity index is 795. The van der Waals surface area contributed by atoms with Crippen LogP contribution in [-0.2, 0) is 4.74 Å². The van der Waals surface area contributed by atoms with Crippen LogP contribution in [0.25, 0.3) is 5.57 Å². The summed E-state index contributed by atoms with van der Waals surface area (Å²) < 4.78 is 12.3. The molecule has 4 nitrogen and oxygen atoms in total. The van der Waals surface area contributed by atoms with E-state index in [1.807, 2.05) is 32.1 Å². The van der Waals surface area contributed by atoms with E-state index in [0.29, 0.717) is 12.3 Å². The Kier molecular flexibility index (Phi) is 11.3. The molecular formula is C28H44N2O2. The van der Waals surface area contributed by atoms with Gasteiger partial charge in [0.15, 0.2) is 0 Å². The smallest absolute Gasteiger partial charge is 0.142 e. The van der Waals surface area contributed by atoms with Gasteiger partial charge in [-0.3, -0.25) is 0 Å². The molecule has 1 rings (SSSR count). The number of rotatable bonds is 15. The fraction of sp³-hybridized carbons (Fsp3) is 0.500. The molecule has 32 heavy (non-hydrogen) atoms. The van der Waals surface area contributed by atoms with Gasteiger partial charge in [0.25, 0.3) is 0 Å². The highest BCUT2D eigenvalue weighted by Gasteiger charge is 2.33. The van der Waals surface area contributed by atoms with Gasteiger partial charge in [0.1, 0.15) is 11.4 Å². The summed E-state index contributed by atoms with van der Waals surface area (Å²) in [5, 5.41) is 3.28. The molecule has 0 fully saturated rings. The van der Waals surface area contributed by atoms with Crippen LogP contribution >= 0.6 is 0 Å². The summed E-state index contributed by atoms with van der Waals surface area (Å²) in [6.45, 7) is 19.9. The van der Waals surface area contributed by atoms with E-state index in [0.717, 1.165) is 47.7 Å². The number of nitrogens with zero attached hydrogens (tertiary/aromatic N) is 1. The summed E-state index contributed by atoms with van der Waals surface area (Å²) in [6.07, 6.45) is 8.32. The van der Waals surface area contributed by atoms with Crippen molar-refractivity contribution in [3.8, 4) is 5.75 Å². The molecule has 0 spiro atoms. The Morgan fingerprint density at radius 3 is 2.44 bits per heavy atom. The number of hydrogen-bond donors (Lipinski definition) is 1. The van der Waals surface area contributed by atoms with Crippen LogP contribution in [0, 0.1) is 11.8 Å². The van der Waals surface area contributed by atoms with E-state index in [1.165, 1.54) is 0 Å². The fourth-order valence-electron chi connectivity index (χ4n) is 3.91. The van der Waals surface area contributed by atoms with Gasteiger partial charge in [0, 0.05) is 26.4 Å². The lowest BCUT2D eigenvalue weighted by atomic mass is 9.85. The number of ether oxygens (including phenoxy) is 2. The van der Waals surface area contributed by atoms with Gasteiger partial charge < -0.3 is 19.7 Å². The second-order valence-corrected chi connectivity index (χ2v) is 8.91. The van der Waals surface area contributed by atoms with Gasteiger partial charge in [-0.15, -0.1) is 0 Å². The zero-order valence-corrected chi connectivity index (χ0v) is 21.3. The lowest BCUT2D eigenvalue weighted by Gasteiger charge is -2.37. The molecule has 0 amide bonds. The van der Waals surface area contributed by atoms with Crippen LogP contribution in [0.15, 0.2) is 61.9 Å². The highest BCUT2D eigenvalue weighted by molar-refractivity contribution is 5.70. The monoisotopic (exact) mass is 440 g/mol. The Hall–Kier alpha value is -2.46. The van der Waals surface area contributed by atoms with Crippen LogP contribution in [0.2, 0.25) is 0 Å². The second-order valence-electron chi connectivity index (χ2n) is 8.91. The third-order valence-corrected chi connectivity index (χ3v) is 5.97. The lowest BCUT2D eigenvalue weighted by Crippen LogP contribution is -2.36. The largest absolute Gasteiger partial charge is 0.495 e. The van der Waals surface area contributed by atoms with Crippen LogP contribution in [-0.4, -0.2) is 40.4 Å². The molecule has 0 aliphatic rings. The number of benzene rings is 1. The number of allylic oxidation sites excluding steroid dienone is 3. The number of methoxy groups -OCH3 is 1. The van der Waals surface area contributed by atoms with E-state index < -0.39 is 0 Å². The van der Waals surface area contributed by atoms with Crippen LogP contribution < -0.4 is 15.0 Å². The zero-order chi connectivity index (χ0) is 24.3. The summed E-state index contributed by atoms with van der Waals surface area (Å²) in [7, 11) is 7.70. The third-order valence-electron chi connectivity index (χ3n) is 5.97. The minimum absolute atomic E-state index is 0.126. The van der Waals surface area contributed by atoms with Gasteiger partial charge >= 0.3 is 0 Å². The maximum atomic E-state index is 6.70. The van der Waals surface area contributed by atoms with Gasteiger partial charge in [-0.2, -0.15) is 0 Å². The Morgan fingerprint density at radius 1 is 1.25 bits per heavy atom. The average molecular weight is 441 g/mol. The molecule has 4 heteroatoms. The van der Waals surface area contributed by atoms with Crippen LogP contribution in [0.3, 0.4) is 0 Å². The van der Waals surface area contributed by atoms with E-state index in [9.17, 15) is 0 Å². The minimum atomic E-state index is -0.389. The Morgan fingerprint density at radius 2 is 1.94 bits per heavy atom. The van der Waals surface area contributed by atoms with Crippen molar-refractivity contribution in [1.82, 2.24) is 5.32 Å². The van der Waals surface area contributed by atoms with Crippen molar-refractivity contribution in [1.29, 1.82) is 0 Å². The van der Waals surface area contributed by atoms with Gasteiger partial charge in [0.2, 0.25) is 0 Å². The highest BCUT2D eigenvalue weighted by atomic mass is 16.5. The molecule has 0 saturated carbocycles. The molecule has 178 valence electrons. The van der Waals surface area contributed by atoms with E-state index in [1.54, 1.807) is 13.2 Å². The quantitative estimate of drug-likeness (QED) is 0.250. The molecule has 0 aliphatic carbocycles. The summed E-state index contributed by atoms with van der Waals surface area (Å²) in [6, 6.07) is 6.25. The highest BCUT2D eigenvalue weighted by Crippen LogP contribution is 2.38. The first-order valence-corrected chi connectivity index (χ1v) is 11.5. The number of nitrogens with one attached hydrogen (secondary N) is 1. The van der Waals surface area contributed by atoms with E-state index in [4.69, 9.17) is 9.47 Å². The van der Waals surface area contributed by atoms with Gasteiger partial charge in [0.05, 0.1) is 18.6 Å². The Balaban J connectivity index is 3.22. The fourth-order valence-corrected chi connectivity index (χ4v) is 3.91. The Labute approximate surface area is 196 Å². The summed E-state index contributed by atoms with van der Waals surface area (Å²) >= 11 is 0. The van der Waals surface area contributed by atoms with Crippen LogP contribution in [0.5, 0.6) is 5.75 Å². The van der Waals surface area contributed by atoms with Crippen molar-refractivity contribution in [2.24, 2.45) is 11.8 Å². The summed E-state index contributed by atoms with van der Waals surface area (Å²) in [5.41, 5.74) is 2.75. The normalized spacial score (nSPS) is 14.1. The summed E-state index contributed by atoms with van der Waals surface area (Å²) in [4.78, 5) is 2.05. The van der Waals surface area contributed by atoms with Crippen molar-refractivity contribution in [2.45, 2.75) is 45.6 Å². The van der Waals surface area contributed by atoms with Gasteiger partial charge in [-0.25, -0.2) is 0 Å². The van der Waals surface area contributed by atoms with Crippen molar-refractivity contribution in [2.75, 3.05) is 39.7 Å². The molecule has 2 atom stereocenters. The molecule has 0 aliphatic heterocycles. The number of hydrogen-bond acceptors (Lipinski definition) is 4. The molecule has 0 bridgehead atoms. The van der Waals surface area contributed by atoms with Gasteiger partial charge in [-0.1, -0.05) is 64.8 Å². The summed E-state index contributed by atoms with van der Waals surface area (Å²) in [5.74, 6) is 2.14. The first-order valence-electron chi connectivity index (χ1n) is 11.5.